The molecule has 1 amide bonds. The van der Waals surface area contributed by atoms with Crippen LogP contribution < -0.4 is 5.73 Å². The molecule has 0 aliphatic heterocycles. The lowest BCUT2D eigenvalue weighted by molar-refractivity contribution is -0.123. The zero-order valence-corrected chi connectivity index (χ0v) is 9.21. The molecule has 0 aliphatic carbocycles. The number of hydrogen-bond acceptors (Lipinski definition) is 2. The van der Waals surface area contributed by atoms with Crippen molar-refractivity contribution < 1.29 is 9.59 Å². The number of unbranched alkanes of at least 4 members (excludes halogenated alkanes) is 1. The summed E-state index contributed by atoms with van der Waals surface area (Å²) in [6, 6.07) is 0. The molecule has 14 heavy (non-hydrogen) atoms. The van der Waals surface area contributed by atoms with Crippen molar-refractivity contribution in [3.63, 3.8) is 0 Å². The molecule has 0 heterocycles. The molecule has 2 N–H and O–H groups in total. The molecule has 1 atom stereocenters. The smallest absolute Gasteiger partial charge is 0.220 e. The quantitative estimate of drug-likeness (QED) is 0.650. The highest BCUT2D eigenvalue weighted by Gasteiger charge is 2.15. The van der Waals surface area contributed by atoms with E-state index in [1.165, 1.54) is 0 Å². The number of nitrogens with two attached hydrogens (primary N) is 1. The van der Waals surface area contributed by atoms with E-state index in [1.807, 2.05) is 6.92 Å². The van der Waals surface area contributed by atoms with Gasteiger partial charge in [0.25, 0.3) is 0 Å². The Balaban J connectivity index is 3.84. The van der Waals surface area contributed by atoms with Gasteiger partial charge in [0.2, 0.25) is 5.91 Å². The van der Waals surface area contributed by atoms with Crippen molar-refractivity contribution in [3.05, 3.63) is 0 Å². The van der Waals surface area contributed by atoms with Gasteiger partial charge in [0, 0.05) is 18.8 Å². The minimum absolute atomic E-state index is 0.106. The van der Waals surface area contributed by atoms with Crippen molar-refractivity contribution in [1.82, 2.24) is 0 Å². The van der Waals surface area contributed by atoms with Crippen molar-refractivity contribution >= 4 is 11.7 Å². The van der Waals surface area contributed by atoms with Crippen LogP contribution in [-0.4, -0.2) is 11.7 Å². The van der Waals surface area contributed by atoms with Crippen molar-refractivity contribution in [2.75, 3.05) is 0 Å². The number of rotatable bonds is 8. The summed E-state index contributed by atoms with van der Waals surface area (Å²) in [6.45, 7) is 3.92. The second-order valence-corrected chi connectivity index (χ2v) is 3.67. The molecule has 1 unspecified atom stereocenters. The van der Waals surface area contributed by atoms with Crippen LogP contribution in [0.4, 0.5) is 0 Å². The van der Waals surface area contributed by atoms with E-state index < -0.39 is 0 Å². The summed E-state index contributed by atoms with van der Waals surface area (Å²) in [6.07, 6.45) is 4.57. The zero-order chi connectivity index (χ0) is 11.0. The van der Waals surface area contributed by atoms with Crippen molar-refractivity contribution in [1.29, 1.82) is 0 Å². The molecule has 0 bridgehead atoms. The van der Waals surface area contributed by atoms with Crippen LogP contribution in [0.2, 0.25) is 0 Å². The molecular formula is C11H21NO2. The fourth-order valence-electron chi connectivity index (χ4n) is 1.39. The van der Waals surface area contributed by atoms with Crippen LogP contribution in [0.25, 0.3) is 0 Å². The van der Waals surface area contributed by atoms with Crippen LogP contribution in [0.3, 0.4) is 0 Å². The lowest BCUT2D eigenvalue weighted by Gasteiger charge is -2.11. The highest BCUT2D eigenvalue weighted by Crippen LogP contribution is 2.15. The maximum atomic E-state index is 11.1. The van der Waals surface area contributed by atoms with Crippen LogP contribution >= 0.6 is 0 Å². The first-order valence-corrected chi connectivity index (χ1v) is 5.42. The van der Waals surface area contributed by atoms with Gasteiger partial charge >= 0.3 is 0 Å². The minimum Gasteiger partial charge on any atom is -0.369 e. The van der Waals surface area contributed by atoms with E-state index in [9.17, 15) is 9.59 Å². The monoisotopic (exact) mass is 199 g/mol. The molecule has 0 spiro atoms. The maximum Gasteiger partial charge on any atom is 0.220 e. The third kappa shape index (κ3) is 5.73. The molecule has 0 aromatic heterocycles. The van der Waals surface area contributed by atoms with Crippen molar-refractivity contribution in [2.45, 2.75) is 52.4 Å². The predicted octanol–water partition coefficient (Wildman–Crippen LogP) is 2.04. The Labute approximate surface area is 86.1 Å². The fourth-order valence-corrected chi connectivity index (χ4v) is 1.39. The number of ketones is 1. The standard InChI is InChI=1S/C11H21NO2/c1-3-5-6-9(11(12)14)7-8-10(13)4-2/h9H,3-8H2,1-2H3,(H2,12,14). The summed E-state index contributed by atoms with van der Waals surface area (Å²) >= 11 is 0. The maximum absolute atomic E-state index is 11.1. The molecule has 3 nitrogen and oxygen atoms in total. The zero-order valence-electron chi connectivity index (χ0n) is 9.21. The number of hydrogen-bond donors (Lipinski definition) is 1. The topological polar surface area (TPSA) is 60.2 Å². The van der Waals surface area contributed by atoms with Gasteiger partial charge in [-0.15, -0.1) is 0 Å². The van der Waals surface area contributed by atoms with E-state index in [-0.39, 0.29) is 17.6 Å². The van der Waals surface area contributed by atoms with Crippen molar-refractivity contribution in [3.8, 4) is 0 Å². The predicted molar refractivity (Wildman–Crippen MR) is 56.7 cm³/mol. The SMILES string of the molecule is CCCCC(CCC(=O)CC)C(N)=O. The fraction of sp³-hybridized carbons (Fsp3) is 0.818. The number of carbonyl (C=O) groups excluding carboxylic acids is 2. The summed E-state index contributed by atoms with van der Waals surface area (Å²) in [5, 5.41) is 0. The van der Waals surface area contributed by atoms with E-state index in [4.69, 9.17) is 5.73 Å². The van der Waals surface area contributed by atoms with Crippen LogP contribution in [-0.2, 0) is 9.59 Å². The van der Waals surface area contributed by atoms with Gasteiger partial charge in [-0.25, -0.2) is 0 Å². The average Bonchev–Trinajstić information content (AvgIpc) is 2.16. The van der Waals surface area contributed by atoms with Gasteiger partial charge in [-0.2, -0.15) is 0 Å². The third-order valence-corrected chi connectivity index (χ3v) is 2.47. The van der Waals surface area contributed by atoms with Crippen LogP contribution in [0.5, 0.6) is 0 Å². The average molecular weight is 199 g/mol. The third-order valence-electron chi connectivity index (χ3n) is 2.47. The molecule has 82 valence electrons. The Kier molecular flexibility index (Phi) is 7.07. The van der Waals surface area contributed by atoms with E-state index in [1.54, 1.807) is 0 Å². The first-order chi connectivity index (χ1) is 6.61. The molecule has 0 aliphatic rings. The molecule has 0 aromatic carbocycles. The first-order valence-electron chi connectivity index (χ1n) is 5.42. The highest BCUT2D eigenvalue weighted by molar-refractivity contribution is 5.80. The lowest BCUT2D eigenvalue weighted by Crippen LogP contribution is -2.23. The first kappa shape index (κ1) is 13.1. The summed E-state index contributed by atoms with van der Waals surface area (Å²) < 4.78 is 0. The Hall–Kier alpha value is -0.860. The van der Waals surface area contributed by atoms with Gasteiger partial charge in [0.05, 0.1) is 0 Å². The Morgan fingerprint density at radius 2 is 1.86 bits per heavy atom. The van der Waals surface area contributed by atoms with Gasteiger partial charge < -0.3 is 5.73 Å². The highest BCUT2D eigenvalue weighted by atomic mass is 16.1. The van der Waals surface area contributed by atoms with E-state index in [2.05, 4.69) is 6.92 Å². The van der Waals surface area contributed by atoms with Gasteiger partial charge in [0.1, 0.15) is 5.78 Å². The normalized spacial score (nSPS) is 12.4. The number of amides is 1. The van der Waals surface area contributed by atoms with Crippen LogP contribution in [0.15, 0.2) is 0 Å². The van der Waals surface area contributed by atoms with Gasteiger partial charge in [-0.1, -0.05) is 26.7 Å². The summed E-state index contributed by atoms with van der Waals surface area (Å²) in [7, 11) is 0. The van der Waals surface area contributed by atoms with Gasteiger partial charge in [0.15, 0.2) is 0 Å². The number of carbonyl (C=O) groups is 2. The second-order valence-electron chi connectivity index (χ2n) is 3.67. The number of Topliss-reactive ketones (excluding diaryl/α,β-unsaturated/α-hetero) is 1. The lowest BCUT2D eigenvalue weighted by atomic mass is 9.95. The molecule has 0 aromatic rings. The van der Waals surface area contributed by atoms with Crippen molar-refractivity contribution in [2.24, 2.45) is 11.7 Å². The summed E-state index contributed by atoms with van der Waals surface area (Å²) in [5.41, 5.74) is 5.25. The summed E-state index contributed by atoms with van der Waals surface area (Å²) in [5.74, 6) is -0.152. The molecule has 0 saturated carbocycles. The summed E-state index contributed by atoms with van der Waals surface area (Å²) in [4.78, 5) is 22.1. The van der Waals surface area contributed by atoms with E-state index in [0.717, 1.165) is 19.3 Å². The van der Waals surface area contributed by atoms with E-state index >= 15 is 0 Å². The molecule has 0 fully saturated rings. The Bertz CT molecular complexity index is 190. The molecule has 3 heteroatoms. The van der Waals surface area contributed by atoms with Gasteiger partial charge in [-0.3, -0.25) is 9.59 Å². The van der Waals surface area contributed by atoms with Crippen LogP contribution in [0.1, 0.15) is 52.4 Å². The van der Waals surface area contributed by atoms with Crippen LogP contribution in [0, 0.1) is 5.92 Å². The largest absolute Gasteiger partial charge is 0.369 e. The number of primary amides is 1. The van der Waals surface area contributed by atoms with Gasteiger partial charge in [-0.05, 0) is 12.8 Å². The van der Waals surface area contributed by atoms with E-state index in [0.29, 0.717) is 19.3 Å². The molecule has 0 saturated heterocycles. The molecule has 0 rings (SSSR count). The minimum atomic E-state index is -0.262. The Morgan fingerprint density at radius 1 is 1.21 bits per heavy atom. The molecular weight excluding hydrogens is 178 g/mol. The molecule has 0 radical (unpaired) electrons. The Morgan fingerprint density at radius 3 is 2.29 bits per heavy atom. The second kappa shape index (κ2) is 7.54.